The lowest BCUT2D eigenvalue weighted by Crippen LogP contribution is -1.99. The summed E-state index contributed by atoms with van der Waals surface area (Å²) in [5.41, 5.74) is 0. The smallest absolute Gasteiger partial charge is 0.302 e. The number of carbonyl (C=O) groups excluding carboxylic acids is 1. The molecule has 0 aromatic heterocycles. The molecule has 114 valence electrons. The van der Waals surface area contributed by atoms with E-state index in [1.54, 1.807) is 0 Å². The number of hydrogen-bond donors (Lipinski definition) is 0. The number of carbonyl (C=O) groups is 1. The van der Waals surface area contributed by atoms with E-state index in [4.69, 9.17) is 4.74 Å². The van der Waals surface area contributed by atoms with Crippen molar-refractivity contribution in [3.63, 3.8) is 0 Å². The zero-order valence-electron chi connectivity index (χ0n) is 13.1. The molecule has 0 rings (SSSR count). The third-order valence-corrected chi connectivity index (χ3v) is 2.84. The van der Waals surface area contributed by atoms with E-state index < -0.39 is 0 Å². The van der Waals surface area contributed by atoms with E-state index in [9.17, 15) is 4.79 Å². The van der Waals surface area contributed by atoms with Crippen molar-refractivity contribution in [3.05, 3.63) is 36.5 Å². The Morgan fingerprint density at radius 3 is 2.15 bits per heavy atom. The fourth-order valence-electron chi connectivity index (χ4n) is 1.71. The first-order valence-electron chi connectivity index (χ1n) is 7.87. The molecule has 0 saturated carbocycles. The van der Waals surface area contributed by atoms with Gasteiger partial charge in [0, 0.05) is 6.92 Å². The Bertz CT molecular complexity index is 301. The Morgan fingerprint density at radius 1 is 0.850 bits per heavy atom. The van der Waals surface area contributed by atoms with Gasteiger partial charge in [-0.05, 0) is 38.5 Å². The molecule has 0 aliphatic heterocycles. The third-order valence-electron chi connectivity index (χ3n) is 2.84. The van der Waals surface area contributed by atoms with Gasteiger partial charge in [-0.3, -0.25) is 4.79 Å². The van der Waals surface area contributed by atoms with E-state index in [-0.39, 0.29) is 5.97 Å². The number of esters is 1. The SMILES string of the molecule is CCCCCC=CCCC=C/C=C\CCCOC(C)=O. The van der Waals surface area contributed by atoms with Gasteiger partial charge in [-0.2, -0.15) is 0 Å². The molecule has 0 radical (unpaired) electrons. The Balaban J connectivity index is 3.32. The molecule has 0 unspecified atom stereocenters. The molecule has 0 aromatic carbocycles. The maximum atomic E-state index is 10.5. The summed E-state index contributed by atoms with van der Waals surface area (Å²) >= 11 is 0. The van der Waals surface area contributed by atoms with Crippen molar-refractivity contribution >= 4 is 5.97 Å². The Hall–Kier alpha value is -1.31. The number of unbranched alkanes of at least 4 members (excludes halogenated alkanes) is 5. The van der Waals surface area contributed by atoms with Crippen molar-refractivity contribution in [2.24, 2.45) is 0 Å². The van der Waals surface area contributed by atoms with Crippen molar-refractivity contribution in [1.82, 2.24) is 0 Å². The van der Waals surface area contributed by atoms with E-state index in [1.165, 1.54) is 32.6 Å². The van der Waals surface area contributed by atoms with Crippen LogP contribution in [0.25, 0.3) is 0 Å². The summed E-state index contributed by atoms with van der Waals surface area (Å²) in [5.74, 6) is -0.198. The van der Waals surface area contributed by atoms with Crippen molar-refractivity contribution in [2.75, 3.05) is 6.61 Å². The molecule has 0 aromatic rings. The fourth-order valence-corrected chi connectivity index (χ4v) is 1.71. The highest BCUT2D eigenvalue weighted by atomic mass is 16.5. The van der Waals surface area contributed by atoms with Gasteiger partial charge in [0.2, 0.25) is 0 Å². The molecule has 0 N–H and O–H groups in total. The monoisotopic (exact) mass is 278 g/mol. The number of rotatable bonds is 12. The maximum absolute atomic E-state index is 10.5. The van der Waals surface area contributed by atoms with Gasteiger partial charge >= 0.3 is 5.97 Å². The van der Waals surface area contributed by atoms with Gasteiger partial charge in [-0.25, -0.2) is 0 Å². The molecule has 0 spiro atoms. The van der Waals surface area contributed by atoms with Crippen LogP contribution in [0.4, 0.5) is 0 Å². The lowest BCUT2D eigenvalue weighted by Gasteiger charge is -1.97. The summed E-state index contributed by atoms with van der Waals surface area (Å²) in [5, 5.41) is 0. The number of hydrogen-bond acceptors (Lipinski definition) is 2. The van der Waals surface area contributed by atoms with Crippen LogP contribution < -0.4 is 0 Å². The van der Waals surface area contributed by atoms with Crippen LogP contribution in [0.3, 0.4) is 0 Å². The summed E-state index contributed by atoms with van der Waals surface area (Å²) in [6.45, 7) is 4.20. The topological polar surface area (TPSA) is 26.3 Å². The summed E-state index contributed by atoms with van der Waals surface area (Å²) in [6.07, 6.45) is 22.3. The van der Waals surface area contributed by atoms with Crippen LogP contribution in [-0.2, 0) is 9.53 Å². The minimum Gasteiger partial charge on any atom is -0.466 e. The van der Waals surface area contributed by atoms with Crippen molar-refractivity contribution in [3.8, 4) is 0 Å². The van der Waals surface area contributed by atoms with Gasteiger partial charge in [0.1, 0.15) is 0 Å². The fraction of sp³-hybridized carbons (Fsp3) is 0.611. The van der Waals surface area contributed by atoms with Crippen LogP contribution in [0.2, 0.25) is 0 Å². The first-order chi connectivity index (χ1) is 9.77. The quantitative estimate of drug-likeness (QED) is 0.208. The molecule has 0 aliphatic rings. The molecule has 0 bridgehead atoms. The van der Waals surface area contributed by atoms with Gasteiger partial charge in [-0.15, -0.1) is 0 Å². The summed E-state index contributed by atoms with van der Waals surface area (Å²) in [4.78, 5) is 10.5. The van der Waals surface area contributed by atoms with E-state index in [0.29, 0.717) is 6.61 Å². The molecule has 2 heteroatoms. The van der Waals surface area contributed by atoms with Gasteiger partial charge in [0.25, 0.3) is 0 Å². The van der Waals surface area contributed by atoms with E-state index in [0.717, 1.165) is 25.7 Å². The average molecular weight is 278 g/mol. The molecular weight excluding hydrogens is 248 g/mol. The minimum absolute atomic E-state index is 0.198. The lowest BCUT2D eigenvalue weighted by atomic mass is 10.2. The van der Waals surface area contributed by atoms with E-state index >= 15 is 0 Å². The molecule has 0 heterocycles. The van der Waals surface area contributed by atoms with Gasteiger partial charge in [0.05, 0.1) is 6.61 Å². The second-order valence-electron chi connectivity index (χ2n) is 4.88. The highest BCUT2D eigenvalue weighted by molar-refractivity contribution is 5.65. The largest absolute Gasteiger partial charge is 0.466 e. The summed E-state index contributed by atoms with van der Waals surface area (Å²) < 4.78 is 4.85. The zero-order valence-corrected chi connectivity index (χ0v) is 13.1. The molecule has 2 nitrogen and oxygen atoms in total. The highest BCUT2D eigenvalue weighted by Crippen LogP contribution is 2.01. The average Bonchev–Trinajstić information content (AvgIpc) is 2.43. The van der Waals surface area contributed by atoms with Crippen LogP contribution in [-0.4, -0.2) is 12.6 Å². The lowest BCUT2D eigenvalue weighted by molar-refractivity contribution is -0.141. The molecule has 0 saturated heterocycles. The van der Waals surface area contributed by atoms with Crippen LogP contribution in [0.15, 0.2) is 36.5 Å². The van der Waals surface area contributed by atoms with Gasteiger partial charge in [-0.1, -0.05) is 56.2 Å². The predicted molar refractivity (Wildman–Crippen MR) is 86.7 cm³/mol. The van der Waals surface area contributed by atoms with Crippen molar-refractivity contribution in [1.29, 1.82) is 0 Å². The first kappa shape index (κ1) is 18.7. The standard InChI is InChI=1S/C18H30O2/c1-3-4-5-6-7-8-9-10-11-12-13-14-15-16-17-20-18(2)19/h7-8,11-14H,3-6,9-10,15-17H2,1-2H3/b8-7?,12-11?,14-13-. The first-order valence-corrected chi connectivity index (χ1v) is 7.87. The summed E-state index contributed by atoms with van der Waals surface area (Å²) in [6, 6.07) is 0. The van der Waals surface area contributed by atoms with Crippen LogP contribution in [0.5, 0.6) is 0 Å². The third kappa shape index (κ3) is 16.7. The Labute approximate surface area is 124 Å². The number of ether oxygens (including phenoxy) is 1. The zero-order chi connectivity index (χ0) is 14.9. The molecule has 0 fully saturated rings. The van der Waals surface area contributed by atoms with Crippen molar-refractivity contribution < 1.29 is 9.53 Å². The highest BCUT2D eigenvalue weighted by Gasteiger charge is 1.89. The Morgan fingerprint density at radius 2 is 1.45 bits per heavy atom. The van der Waals surface area contributed by atoms with Gasteiger partial charge in [0.15, 0.2) is 0 Å². The maximum Gasteiger partial charge on any atom is 0.302 e. The van der Waals surface area contributed by atoms with Crippen LogP contribution in [0.1, 0.15) is 65.2 Å². The molecular formula is C18H30O2. The minimum atomic E-state index is -0.198. The van der Waals surface area contributed by atoms with E-state index in [1.807, 2.05) is 0 Å². The van der Waals surface area contributed by atoms with Crippen LogP contribution >= 0.6 is 0 Å². The second kappa shape index (κ2) is 15.7. The molecule has 0 amide bonds. The van der Waals surface area contributed by atoms with Crippen molar-refractivity contribution in [2.45, 2.75) is 65.2 Å². The molecule has 0 atom stereocenters. The Kier molecular flexibility index (Phi) is 14.7. The predicted octanol–water partition coefficient (Wildman–Crippen LogP) is 5.36. The molecule has 0 aliphatic carbocycles. The number of allylic oxidation sites excluding steroid dienone is 6. The second-order valence-corrected chi connectivity index (χ2v) is 4.88. The van der Waals surface area contributed by atoms with Crippen LogP contribution in [0, 0.1) is 0 Å². The summed E-state index contributed by atoms with van der Waals surface area (Å²) in [7, 11) is 0. The van der Waals surface area contributed by atoms with Gasteiger partial charge < -0.3 is 4.74 Å². The normalized spacial score (nSPS) is 11.9. The van der Waals surface area contributed by atoms with E-state index in [2.05, 4.69) is 43.4 Å². The molecule has 20 heavy (non-hydrogen) atoms.